The van der Waals surface area contributed by atoms with Crippen LogP contribution in [0.4, 0.5) is 4.79 Å². The number of carbonyl (C=O) groups is 2. The number of hydrogen-bond donors (Lipinski definition) is 1. The normalized spacial score (nSPS) is 17.1. The molecule has 1 N–H and O–H groups in total. The monoisotopic (exact) mass is 641 g/mol. The van der Waals surface area contributed by atoms with Crippen LogP contribution in [0.1, 0.15) is 11.1 Å². The van der Waals surface area contributed by atoms with E-state index in [1.165, 1.54) is 0 Å². The van der Waals surface area contributed by atoms with Gasteiger partial charge in [0.2, 0.25) is 6.79 Å². The smallest absolute Gasteiger partial charge is 0.293 e. The van der Waals surface area contributed by atoms with E-state index in [-0.39, 0.29) is 30.2 Å². The van der Waals surface area contributed by atoms with Crippen molar-refractivity contribution in [3.63, 3.8) is 0 Å². The van der Waals surface area contributed by atoms with Gasteiger partial charge < -0.3 is 14.6 Å². The fourth-order valence-electron chi connectivity index (χ4n) is 2.71. The second-order valence-corrected chi connectivity index (χ2v) is 9.62. The van der Waals surface area contributed by atoms with Crippen molar-refractivity contribution < 1.29 is 24.2 Å². The van der Waals surface area contributed by atoms with Gasteiger partial charge in [-0.25, -0.2) is 0 Å². The van der Waals surface area contributed by atoms with E-state index in [1.807, 2.05) is 45.2 Å². The van der Waals surface area contributed by atoms with Gasteiger partial charge in [-0.3, -0.25) is 14.5 Å². The predicted octanol–water partition coefficient (Wildman–Crippen LogP) is 5.22. The van der Waals surface area contributed by atoms with Crippen molar-refractivity contribution >= 4 is 85.8 Å². The number of aromatic hydroxyl groups is 1. The molecule has 0 aromatic heterocycles. The van der Waals surface area contributed by atoms with Crippen molar-refractivity contribution in [2.45, 2.75) is 6.54 Å². The molecule has 0 atom stereocenters. The number of halogens is 3. The maximum atomic E-state index is 12.8. The van der Waals surface area contributed by atoms with Gasteiger partial charge in [0.1, 0.15) is 5.75 Å². The number of rotatable bonds is 3. The van der Waals surface area contributed by atoms with Crippen LogP contribution in [-0.4, -0.2) is 27.9 Å². The third kappa shape index (κ3) is 3.81. The van der Waals surface area contributed by atoms with Crippen LogP contribution in [0, 0.1) is 7.14 Å². The minimum Gasteiger partial charge on any atom is -0.506 e. The molecule has 0 radical (unpaired) electrons. The summed E-state index contributed by atoms with van der Waals surface area (Å²) in [4.78, 5) is 26.6. The minimum atomic E-state index is -0.387. The second kappa shape index (κ2) is 7.92. The standard InChI is InChI=1S/C18H10ClI2NO5S/c19-10-5-14-13(26-7-27-14)4-9(10)6-22-17(24)15(28-18(22)25)3-8-1-11(20)16(23)12(21)2-8/h1-5,23H,6-7H2/b15-3-. The molecule has 10 heteroatoms. The molecule has 0 spiro atoms. The molecule has 144 valence electrons. The van der Waals surface area contributed by atoms with E-state index in [1.54, 1.807) is 30.3 Å². The Morgan fingerprint density at radius 3 is 2.46 bits per heavy atom. The minimum absolute atomic E-state index is 0.0438. The van der Waals surface area contributed by atoms with Crippen LogP contribution in [0.2, 0.25) is 5.02 Å². The SMILES string of the molecule is O=C1S/C(=C\c2cc(I)c(O)c(I)c2)C(=O)N1Cc1cc2c(cc1Cl)OCO2. The molecule has 2 amide bonds. The third-order valence-electron chi connectivity index (χ3n) is 4.08. The number of ether oxygens (including phenoxy) is 2. The van der Waals surface area contributed by atoms with Crippen LogP contribution in [0.5, 0.6) is 17.2 Å². The first-order valence-corrected chi connectivity index (χ1v) is 11.2. The molecule has 0 unspecified atom stereocenters. The molecule has 2 heterocycles. The Bertz CT molecular complexity index is 1040. The van der Waals surface area contributed by atoms with E-state index in [4.69, 9.17) is 21.1 Å². The van der Waals surface area contributed by atoms with Gasteiger partial charge in [-0.2, -0.15) is 0 Å². The summed E-state index contributed by atoms with van der Waals surface area (Å²) in [6.45, 7) is 0.159. The number of phenolic OH excluding ortho intramolecular Hbond substituents is 1. The van der Waals surface area contributed by atoms with E-state index in [2.05, 4.69) is 0 Å². The number of phenols is 1. The van der Waals surface area contributed by atoms with Gasteiger partial charge >= 0.3 is 0 Å². The van der Waals surface area contributed by atoms with Gasteiger partial charge in [0.15, 0.2) is 11.5 Å². The quantitative estimate of drug-likeness (QED) is 0.366. The van der Waals surface area contributed by atoms with Crippen molar-refractivity contribution in [1.29, 1.82) is 0 Å². The van der Waals surface area contributed by atoms with Crippen molar-refractivity contribution in [3.05, 3.63) is 52.5 Å². The number of thioether (sulfide) groups is 1. The van der Waals surface area contributed by atoms with Crippen LogP contribution in [0.3, 0.4) is 0 Å². The molecule has 2 aromatic carbocycles. The van der Waals surface area contributed by atoms with Crippen LogP contribution >= 0.6 is 68.5 Å². The highest BCUT2D eigenvalue weighted by Crippen LogP contribution is 2.39. The molecule has 0 aliphatic carbocycles. The van der Waals surface area contributed by atoms with E-state index in [0.717, 1.165) is 22.2 Å². The zero-order valence-electron chi connectivity index (χ0n) is 13.9. The lowest BCUT2D eigenvalue weighted by Crippen LogP contribution is -2.27. The summed E-state index contributed by atoms with van der Waals surface area (Å²) >= 11 is 11.2. The summed E-state index contributed by atoms with van der Waals surface area (Å²) in [5.41, 5.74) is 1.33. The first-order chi connectivity index (χ1) is 13.3. The zero-order chi connectivity index (χ0) is 20.0. The van der Waals surface area contributed by atoms with Gasteiger partial charge in [-0.15, -0.1) is 0 Å². The Hall–Kier alpha value is -1.18. The highest BCUT2D eigenvalue weighted by Gasteiger charge is 2.35. The maximum absolute atomic E-state index is 12.8. The summed E-state index contributed by atoms with van der Waals surface area (Å²) < 4.78 is 11.9. The molecule has 2 aliphatic rings. The Balaban J connectivity index is 1.60. The number of benzene rings is 2. The lowest BCUT2D eigenvalue weighted by atomic mass is 10.1. The second-order valence-electron chi connectivity index (χ2n) is 5.90. The molecule has 1 saturated heterocycles. The third-order valence-corrected chi connectivity index (χ3v) is 6.98. The Kier molecular flexibility index (Phi) is 5.69. The summed E-state index contributed by atoms with van der Waals surface area (Å²) in [5, 5.41) is 9.91. The summed E-state index contributed by atoms with van der Waals surface area (Å²) in [5.74, 6) is 0.889. The molecule has 2 aliphatic heterocycles. The highest BCUT2D eigenvalue weighted by atomic mass is 127. The number of amides is 2. The zero-order valence-corrected chi connectivity index (χ0v) is 19.8. The fourth-order valence-corrected chi connectivity index (χ4v) is 5.57. The number of nitrogens with zero attached hydrogens (tertiary/aromatic N) is 1. The van der Waals surface area contributed by atoms with Gasteiger partial charge in [0.05, 0.1) is 18.6 Å². The van der Waals surface area contributed by atoms with Crippen LogP contribution in [-0.2, 0) is 11.3 Å². The van der Waals surface area contributed by atoms with Gasteiger partial charge in [0.25, 0.3) is 11.1 Å². The molecule has 28 heavy (non-hydrogen) atoms. The molecule has 6 nitrogen and oxygen atoms in total. The van der Waals surface area contributed by atoms with Crippen molar-refractivity contribution in [3.8, 4) is 17.2 Å². The van der Waals surface area contributed by atoms with E-state index in [0.29, 0.717) is 34.1 Å². The van der Waals surface area contributed by atoms with Crippen molar-refractivity contribution in [1.82, 2.24) is 4.90 Å². The average Bonchev–Trinajstić information content (AvgIpc) is 3.19. The van der Waals surface area contributed by atoms with Crippen molar-refractivity contribution in [2.75, 3.05) is 6.79 Å². The summed E-state index contributed by atoms with van der Waals surface area (Å²) in [6.07, 6.45) is 1.65. The molecule has 1 fully saturated rings. The number of imide groups is 1. The summed E-state index contributed by atoms with van der Waals surface area (Å²) in [7, 11) is 0. The predicted molar refractivity (Wildman–Crippen MR) is 123 cm³/mol. The Morgan fingerprint density at radius 1 is 1.14 bits per heavy atom. The Labute approximate surface area is 196 Å². The molecular formula is C18H10ClI2NO5S. The van der Waals surface area contributed by atoms with Crippen LogP contribution in [0.15, 0.2) is 29.2 Å². The van der Waals surface area contributed by atoms with Gasteiger partial charge in [-0.1, -0.05) is 11.6 Å². The fraction of sp³-hybridized carbons (Fsp3) is 0.111. The summed E-state index contributed by atoms with van der Waals surface area (Å²) in [6, 6.07) is 6.80. The average molecular weight is 642 g/mol. The molecular weight excluding hydrogens is 632 g/mol. The molecule has 2 aromatic rings. The molecule has 0 bridgehead atoms. The largest absolute Gasteiger partial charge is 0.506 e. The topological polar surface area (TPSA) is 76.1 Å². The van der Waals surface area contributed by atoms with Crippen LogP contribution in [0.25, 0.3) is 6.08 Å². The van der Waals surface area contributed by atoms with E-state index in [9.17, 15) is 14.7 Å². The van der Waals surface area contributed by atoms with Crippen LogP contribution < -0.4 is 9.47 Å². The lowest BCUT2D eigenvalue weighted by molar-refractivity contribution is -0.123. The first kappa shape index (κ1) is 20.1. The number of fused-ring (bicyclic) bond motifs is 1. The van der Waals surface area contributed by atoms with Gasteiger partial charge in [0, 0.05) is 11.1 Å². The lowest BCUT2D eigenvalue weighted by Gasteiger charge is -2.14. The maximum Gasteiger partial charge on any atom is 0.293 e. The number of carbonyl (C=O) groups excluding carboxylic acids is 2. The van der Waals surface area contributed by atoms with E-state index >= 15 is 0 Å². The first-order valence-electron chi connectivity index (χ1n) is 7.85. The molecule has 4 rings (SSSR count). The highest BCUT2D eigenvalue weighted by molar-refractivity contribution is 14.1. The molecule has 0 saturated carbocycles. The van der Waals surface area contributed by atoms with Gasteiger partial charge in [-0.05, 0) is 92.3 Å². The number of hydrogen-bond acceptors (Lipinski definition) is 6. The van der Waals surface area contributed by atoms with E-state index < -0.39 is 0 Å². The Morgan fingerprint density at radius 2 is 1.79 bits per heavy atom. The van der Waals surface area contributed by atoms with Crippen molar-refractivity contribution in [2.24, 2.45) is 0 Å².